The number of hydrogen-bond donors (Lipinski definition) is 1. The summed E-state index contributed by atoms with van der Waals surface area (Å²) in [5, 5.41) is 3.45. The summed E-state index contributed by atoms with van der Waals surface area (Å²) in [6, 6.07) is 2.63. The van der Waals surface area contributed by atoms with Crippen LogP contribution in [-0.4, -0.2) is 48.8 Å². The lowest BCUT2D eigenvalue weighted by Gasteiger charge is -2.28. The first-order valence-corrected chi connectivity index (χ1v) is 8.21. The van der Waals surface area contributed by atoms with Gasteiger partial charge in [-0.2, -0.15) is 11.8 Å². The second-order valence-corrected chi connectivity index (χ2v) is 6.31. The summed E-state index contributed by atoms with van der Waals surface area (Å²) in [6.45, 7) is 4.10. The standard InChI is InChI=1S/C14H21N3OS.ClH/c1-2-12(16-3-1)11-18-14-8-13(9-15-10-14)17-4-6-19-7-5-17;/h8-10,12,16H,1-7,11H2;1H/t12-;/m0./s1. The molecule has 2 aliphatic heterocycles. The average Bonchev–Trinajstić information content (AvgIpc) is 3.00. The van der Waals surface area contributed by atoms with Gasteiger partial charge in [-0.05, 0) is 19.4 Å². The highest BCUT2D eigenvalue weighted by Crippen LogP contribution is 2.23. The Morgan fingerprint density at radius 1 is 1.35 bits per heavy atom. The summed E-state index contributed by atoms with van der Waals surface area (Å²) < 4.78 is 5.86. The van der Waals surface area contributed by atoms with Gasteiger partial charge in [-0.15, -0.1) is 12.4 Å². The smallest absolute Gasteiger partial charge is 0.139 e. The Morgan fingerprint density at radius 3 is 2.95 bits per heavy atom. The Bertz CT molecular complexity index is 409. The summed E-state index contributed by atoms with van der Waals surface area (Å²) in [6.07, 6.45) is 6.24. The van der Waals surface area contributed by atoms with Crippen molar-refractivity contribution in [2.45, 2.75) is 18.9 Å². The fraction of sp³-hybridized carbons (Fsp3) is 0.643. The highest BCUT2D eigenvalue weighted by molar-refractivity contribution is 7.99. The van der Waals surface area contributed by atoms with E-state index in [1.54, 1.807) is 0 Å². The minimum Gasteiger partial charge on any atom is -0.490 e. The van der Waals surface area contributed by atoms with Crippen LogP contribution in [0.15, 0.2) is 18.5 Å². The van der Waals surface area contributed by atoms with E-state index >= 15 is 0 Å². The SMILES string of the molecule is Cl.c1ncc(N2CCSCC2)cc1OC[C@@H]1CCCN1. The van der Waals surface area contributed by atoms with Crippen molar-refractivity contribution < 1.29 is 4.74 Å². The summed E-state index contributed by atoms with van der Waals surface area (Å²) in [5.41, 5.74) is 1.19. The van der Waals surface area contributed by atoms with E-state index < -0.39 is 0 Å². The number of pyridine rings is 1. The highest BCUT2D eigenvalue weighted by atomic mass is 35.5. The molecule has 0 aliphatic carbocycles. The molecule has 0 amide bonds. The molecule has 1 aromatic heterocycles. The first-order chi connectivity index (χ1) is 9.42. The van der Waals surface area contributed by atoms with Crippen molar-refractivity contribution in [2.24, 2.45) is 0 Å². The lowest BCUT2D eigenvalue weighted by atomic mass is 10.2. The molecule has 3 rings (SSSR count). The second kappa shape index (κ2) is 7.96. The highest BCUT2D eigenvalue weighted by Gasteiger charge is 2.15. The number of ether oxygens (including phenoxy) is 1. The maximum Gasteiger partial charge on any atom is 0.139 e. The van der Waals surface area contributed by atoms with Crippen LogP contribution in [-0.2, 0) is 0 Å². The minimum atomic E-state index is 0. The third-order valence-electron chi connectivity index (χ3n) is 3.69. The van der Waals surface area contributed by atoms with Crippen LogP contribution >= 0.6 is 24.2 Å². The van der Waals surface area contributed by atoms with Gasteiger partial charge in [0.05, 0.1) is 18.1 Å². The van der Waals surface area contributed by atoms with Gasteiger partial charge < -0.3 is 15.0 Å². The van der Waals surface area contributed by atoms with Gasteiger partial charge in [-0.25, -0.2) is 0 Å². The van der Waals surface area contributed by atoms with E-state index in [0.717, 1.165) is 32.0 Å². The third-order valence-corrected chi connectivity index (χ3v) is 4.63. The van der Waals surface area contributed by atoms with E-state index in [2.05, 4.69) is 21.3 Å². The van der Waals surface area contributed by atoms with E-state index in [-0.39, 0.29) is 12.4 Å². The molecule has 1 aromatic rings. The number of thioether (sulfide) groups is 1. The van der Waals surface area contributed by atoms with Crippen LogP contribution in [0.3, 0.4) is 0 Å². The fourth-order valence-corrected chi connectivity index (χ4v) is 3.48. The van der Waals surface area contributed by atoms with Crippen LogP contribution < -0.4 is 15.0 Å². The average molecular weight is 316 g/mol. The Balaban J connectivity index is 0.00000147. The zero-order chi connectivity index (χ0) is 12.9. The molecule has 2 aliphatic rings. The van der Waals surface area contributed by atoms with Gasteiger partial charge >= 0.3 is 0 Å². The van der Waals surface area contributed by atoms with Crippen LogP contribution in [0.4, 0.5) is 5.69 Å². The Kier molecular flexibility index (Phi) is 6.26. The molecule has 2 fully saturated rings. The van der Waals surface area contributed by atoms with Crippen LogP contribution in [0.25, 0.3) is 0 Å². The van der Waals surface area contributed by atoms with Crippen LogP contribution in [0.5, 0.6) is 5.75 Å². The molecule has 4 nitrogen and oxygen atoms in total. The molecule has 0 unspecified atom stereocenters. The van der Waals surface area contributed by atoms with Crippen molar-refractivity contribution >= 4 is 29.9 Å². The molecule has 112 valence electrons. The van der Waals surface area contributed by atoms with Gasteiger partial charge in [0.1, 0.15) is 12.4 Å². The van der Waals surface area contributed by atoms with Crippen molar-refractivity contribution in [1.29, 1.82) is 0 Å². The summed E-state index contributed by atoms with van der Waals surface area (Å²) in [4.78, 5) is 6.70. The van der Waals surface area contributed by atoms with Crippen LogP contribution in [0, 0.1) is 0 Å². The number of nitrogens with one attached hydrogen (secondary N) is 1. The van der Waals surface area contributed by atoms with Gasteiger partial charge in [0.25, 0.3) is 0 Å². The van der Waals surface area contributed by atoms with Gasteiger partial charge in [-0.3, -0.25) is 4.98 Å². The van der Waals surface area contributed by atoms with Gasteiger partial charge in [0.15, 0.2) is 0 Å². The topological polar surface area (TPSA) is 37.4 Å². The Hall–Kier alpha value is -0.650. The minimum absolute atomic E-state index is 0. The van der Waals surface area contributed by atoms with E-state index in [9.17, 15) is 0 Å². The molecule has 3 heterocycles. The molecular formula is C14H22ClN3OS. The molecule has 0 bridgehead atoms. The molecule has 6 heteroatoms. The summed E-state index contributed by atoms with van der Waals surface area (Å²) in [7, 11) is 0. The number of aromatic nitrogens is 1. The van der Waals surface area contributed by atoms with Gasteiger partial charge in [0.2, 0.25) is 0 Å². The number of nitrogens with zero attached hydrogens (tertiary/aromatic N) is 2. The summed E-state index contributed by atoms with van der Waals surface area (Å²) >= 11 is 2.02. The first kappa shape index (κ1) is 15.7. The van der Waals surface area contributed by atoms with E-state index in [4.69, 9.17) is 4.74 Å². The summed E-state index contributed by atoms with van der Waals surface area (Å²) in [5.74, 6) is 3.30. The third kappa shape index (κ3) is 4.17. The van der Waals surface area contributed by atoms with Crippen LogP contribution in [0.1, 0.15) is 12.8 Å². The first-order valence-electron chi connectivity index (χ1n) is 7.06. The lowest BCUT2D eigenvalue weighted by molar-refractivity contribution is 0.276. The Morgan fingerprint density at radius 2 is 2.20 bits per heavy atom. The maximum absolute atomic E-state index is 5.86. The Labute approximate surface area is 131 Å². The molecule has 1 atom stereocenters. The molecule has 1 N–H and O–H groups in total. The van der Waals surface area contributed by atoms with Crippen molar-refractivity contribution in [2.75, 3.05) is 42.6 Å². The van der Waals surface area contributed by atoms with Crippen molar-refractivity contribution in [3.8, 4) is 5.75 Å². The quantitative estimate of drug-likeness (QED) is 0.922. The maximum atomic E-state index is 5.86. The molecule has 0 aromatic carbocycles. The zero-order valence-electron chi connectivity index (χ0n) is 11.6. The molecule has 0 spiro atoms. The van der Waals surface area contributed by atoms with E-state index in [1.165, 1.54) is 30.0 Å². The van der Waals surface area contributed by atoms with E-state index in [0.29, 0.717) is 6.04 Å². The molecule has 0 saturated carbocycles. The lowest BCUT2D eigenvalue weighted by Crippen LogP contribution is -2.32. The molecule has 0 radical (unpaired) electrons. The predicted octanol–water partition coefficient (Wildman–Crippen LogP) is 2.19. The number of hydrogen-bond acceptors (Lipinski definition) is 5. The predicted molar refractivity (Wildman–Crippen MR) is 87.5 cm³/mol. The van der Waals surface area contributed by atoms with E-state index in [1.807, 2.05) is 24.2 Å². The van der Waals surface area contributed by atoms with Gasteiger partial charge in [0, 0.05) is 36.7 Å². The van der Waals surface area contributed by atoms with Crippen molar-refractivity contribution in [3.05, 3.63) is 18.5 Å². The molecule has 2 saturated heterocycles. The number of rotatable bonds is 4. The van der Waals surface area contributed by atoms with Crippen LogP contribution in [0.2, 0.25) is 0 Å². The monoisotopic (exact) mass is 315 g/mol. The van der Waals surface area contributed by atoms with Crippen molar-refractivity contribution in [3.63, 3.8) is 0 Å². The van der Waals surface area contributed by atoms with Gasteiger partial charge in [-0.1, -0.05) is 0 Å². The fourth-order valence-electron chi connectivity index (χ4n) is 2.58. The number of halogens is 1. The molecule has 20 heavy (non-hydrogen) atoms. The number of anilines is 1. The zero-order valence-corrected chi connectivity index (χ0v) is 13.2. The molecular weight excluding hydrogens is 294 g/mol. The second-order valence-electron chi connectivity index (χ2n) is 5.08. The van der Waals surface area contributed by atoms with Crippen molar-refractivity contribution in [1.82, 2.24) is 10.3 Å². The largest absolute Gasteiger partial charge is 0.490 e. The normalized spacial score (nSPS) is 22.4.